The number of hydrogen-bond acceptors (Lipinski definition) is 6. The number of para-hydroxylation sites is 2. The Kier molecular flexibility index (Phi) is 6.69. The Morgan fingerprint density at radius 3 is 2.29 bits per heavy atom. The number of nitrogens with one attached hydrogen (secondary N) is 1. The van der Waals surface area contributed by atoms with Crippen molar-refractivity contribution in [1.29, 1.82) is 0 Å². The minimum Gasteiger partial charge on any atom is -0.390 e. The lowest BCUT2D eigenvalue weighted by molar-refractivity contribution is -0.136. The van der Waals surface area contributed by atoms with Gasteiger partial charge in [-0.3, -0.25) is 9.80 Å². The zero-order chi connectivity index (χ0) is 28.4. The van der Waals surface area contributed by atoms with Crippen molar-refractivity contribution in [2.45, 2.75) is 64.5 Å². The van der Waals surface area contributed by atoms with Gasteiger partial charge in [0.2, 0.25) is 0 Å². The number of urea groups is 1. The van der Waals surface area contributed by atoms with Crippen molar-refractivity contribution in [1.82, 2.24) is 15.2 Å². The van der Waals surface area contributed by atoms with Crippen LogP contribution in [0.15, 0.2) is 42.6 Å². The van der Waals surface area contributed by atoms with Crippen molar-refractivity contribution < 1.29 is 9.90 Å². The van der Waals surface area contributed by atoms with E-state index in [1.165, 1.54) is 5.69 Å². The zero-order valence-corrected chi connectivity index (χ0v) is 24.9. The third kappa shape index (κ3) is 5.29. The summed E-state index contributed by atoms with van der Waals surface area (Å²) < 4.78 is 0. The number of aliphatic hydroxyl groups is 1. The summed E-state index contributed by atoms with van der Waals surface area (Å²) in [5.74, 6) is 2.35. The molecule has 1 saturated heterocycles. The first-order valence-corrected chi connectivity index (χ1v) is 15.7. The molecular weight excluding hydrogens is 512 g/mol. The Balaban J connectivity index is 1.02. The number of pyridine rings is 1. The topological polar surface area (TPSA) is 75.2 Å². The normalized spacial score (nSPS) is 31.4. The van der Waals surface area contributed by atoms with Crippen molar-refractivity contribution in [2.75, 3.05) is 60.5 Å². The molecule has 5 fully saturated rings. The number of rotatable bonds is 4. The Hall–Kier alpha value is -2.84. The molecule has 2 atom stereocenters. The van der Waals surface area contributed by atoms with Crippen molar-refractivity contribution in [3.8, 4) is 0 Å². The van der Waals surface area contributed by atoms with Crippen LogP contribution in [0, 0.1) is 23.2 Å². The summed E-state index contributed by atoms with van der Waals surface area (Å²) in [7, 11) is 0. The van der Waals surface area contributed by atoms with Crippen LogP contribution in [0.25, 0.3) is 0 Å². The van der Waals surface area contributed by atoms with Crippen LogP contribution in [0.4, 0.5) is 27.7 Å². The highest BCUT2D eigenvalue weighted by atomic mass is 16.3. The molecule has 2 unspecified atom stereocenters. The van der Waals surface area contributed by atoms with E-state index in [9.17, 15) is 9.90 Å². The molecule has 2 aromatic rings. The summed E-state index contributed by atoms with van der Waals surface area (Å²) in [6.45, 7) is 13.6. The Bertz CT molecular complexity index is 1250. The van der Waals surface area contributed by atoms with E-state index in [-0.39, 0.29) is 12.1 Å². The highest BCUT2D eigenvalue weighted by molar-refractivity contribution is 5.98. The van der Waals surface area contributed by atoms with E-state index in [1.54, 1.807) is 0 Å². The van der Waals surface area contributed by atoms with Crippen LogP contribution in [0.3, 0.4) is 0 Å². The second-order valence-electron chi connectivity index (χ2n) is 14.7. The molecule has 2 amide bonds. The SMILES string of the molecule is CC(C)(C)CN1CCN(c2ccc(N3CCN(C(=O)NC4C5CC6CC4CC(O)(C6)C5)c4ccccc43)nc2)CC1. The molecule has 8 rings (SSSR count). The largest absolute Gasteiger partial charge is 0.390 e. The molecule has 1 aromatic carbocycles. The van der Waals surface area contributed by atoms with E-state index in [4.69, 9.17) is 4.98 Å². The van der Waals surface area contributed by atoms with Crippen LogP contribution in [0.1, 0.15) is 52.9 Å². The van der Waals surface area contributed by atoms with E-state index in [0.29, 0.717) is 36.3 Å². The van der Waals surface area contributed by atoms with Gasteiger partial charge in [-0.15, -0.1) is 0 Å². The number of carbonyl (C=O) groups excluding carboxylic acids is 1. The molecule has 41 heavy (non-hydrogen) atoms. The molecule has 8 heteroatoms. The fourth-order valence-corrected chi connectivity index (χ4v) is 8.81. The number of aromatic nitrogens is 1. The maximum atomic E-state index is 13.7. The fraction of sp³-hybridized carbons (Fsp3) is 0.636. The molecule has 6 aliphatic rings. The number of carbonyl (C=O) groups is 1. The molecule has 2 aliphatic heterocycles. The number of benzene rings is 1. The molecule has 0 spiro atoms. The van der Waals surface area contributed by atoms with Crippen molar-refractivity contribution in [3.05, 3.63) is 42.6 Å². The van der Waals surface area contributed by atoms with Gasteiger partial charge in [0, 0.05) is 51.9 Å². The molecular formula is C33H46N6O2. The van der Waals surface area contributed by atoms with Crippen LogP contribution in [0.2, 0.25) is 0 Å². The number of piperazine rings is 1. The lowest BCUT2D eigenvalue weighted by Crippen LogP contribution is -2.63. The van der Waals surface area contributed by atoms with Crippen LogP contribution >= 0.6 is 0 Å². The third-order valence-electron chi connectivity index (χ3n) is 10.2. The quantitative estimate of drug-likeness (QED) is 0.559. The number of amides is 2. The zero-order valence-electron chi connectivity index (χ0n) is 24.9. The lowest BCUT2D eigenvalue weighted by atomic mass is 9.52. The van der Waals surface area contributed by atoms with Gasteiger partial charge in [0.15, 0.2) is 0 Å². The Morgan fingerprint density at radius 1 is 0.951 bits per heavy atom. The smallest absolute Gasteiger partial charge is 0.322 e. The average Bonchev–Trinajstić information content (AvgIpc) is 2.93. The minimum absolute atomic E-state index is 0.00419. The van der Waals surface area contributed by atoms with E-state index >= 15 is 0 Å². The first kappa shape index (κ1) is 27.0. The molecule has 4 saturated carbocycles. The number of fused-ring (bicyclic) bond motifs is 1. The Morgan fingerprint density at radius 2 is 1.66 bits per heavy atom. The summed E-state index contributed by atoms with van der Waals surface area (Å²) in [4.78, 5) is 27.8. The van der Waals surface area contributed by atoms with Gasteiger partial charge in [-0.2, -0.15) is 0 Å². The predicted octanol–water partition coefficient (Wildman–Crippen LogP) is 4.86. The van der Waals surface area contributed by atoms with Crippen LogP contribution < -0.4 is 20.0 Å². The molecule has 1 aromatic heterocycles. The standard InChI is InChI=1S/C33H46N6O2/c1-32(2,3)22-36-10-12-37(13-11-36)26-8-9-29(34-21-26)38-14-15-39(28-7-5-4-6-27(28)38)31(40)35-30-24-16-23-17-25(30)20-33(41,18-23)19-24/h4-9,21,23-25,30,41H,10-20,22H2,1-3H3,(H,35,40). The van der Waals surface area contributed by atoms with Gasteiger partial charge in [-0.1, -0.05) is 32.9 Å². The summed E-state index contributed by atoms with van der Waals surface area (Å²) in [5, 5.41) is 14.4. The fourth-order valence-electron chi connectivity index (χ4n) is 8.81. The minimum atomic E-state index is -0.487. The third-order valence-corrected chi connectivity index (χ3v) is 10.2. The van der Waals surface area contributed by atoms with Crippen molar-refractivity contribution >= 4 is 28.9 Å². The summed E-state index contributed by atoms with van der Waals surface area (Å²) in [6, 6.07) is 12.7. The number of nitrogens with zero attached hydrogens (tertiary/aromatic N) is 5. The molecule has 4 bridgehead atoms. The Labute approximate surface area is 244 Å². The lowest BCUT2D eigenvalue weighted by Gasteiger charge is -2.58. The van der Waals surface area contributed by atoms with E-state index in [1.807, 2.05) is 29.3 Å². The first-order valence-electron chi connectivity index (χ1n) is 15.7. The second kappa shape index (κ2) is 10.2. The van der Waals surface area contributed by atoms with Gasteiger partial charge >= 0.3 is 6.03 Å². The maximum absolute atomic E-state index is 13.7. The van der Waals surface area contributed by atoms with E-state index in [2.05, 4.69) is 59.0 Å². The van der Waals surface area contributed by atoms with Gasteiger partial charge in [-0.05, 0) is 79.5 Å². The van der Waals surface area contributed by atoms with Crippen LogP contribution in [-0.4, -0.2) is 78.5 Å². The molecule has 0 radical (unpaired) electrons. The summed E-state index contributed by atoms with van der Waals surface area (Å²) >= 11 is 0. The second-order valence-corrected chi connectivity index (χ2v) is 14.7. The molecule has 2 N–H and O–H groups in total. The van der Waals surface area contributed by atoms with Gasteiger partial charge in [0.05, 0.1) is 28.9 Å². The summed E-state index contributed by atoms with van der Waals surface area (Å²) in [6.07, 6.45) is 6.92. The molecule has 220 valence electrons. The monoisotopic (exact) mass is 558 g/mol. The van der Waals surface area contributed by atoms with E-state index in [0.717, 1.165) is 82.0 Å². The van der Waals surface area contributed by atoms with Gasteiger partial charge in [0.25, 0.3) is 0 Å². The molecule has 8 nitrogen and oxygen atoms in total. The van der Waals surface area contributed by atoms with Gasteiger partial charge < -0.3 is 20.2 Å². The van der Waals surface area contributed by atoms with Crippen LogP contribution in [0.5, 0.6) is 0 Å². The average molecular weight is 559 g/mol. The van der Waals surface area contributed by atoms with Gasteiger partial charge in [-0.25, -0.2) is 9.78 Å². The predicted molar refractivity (Wildman–Crippen MR) is 164 cm³/mol. The van der Waals surface area contributed by atoms with Crippen molar-refractivity contribution in [3.63, 3.8) is 0 Å². The highest BCUT2D eigenvalue weighted by Gasteiger charge is 2.55. The highest BCUT2D eigenvalue weighted by Crippen LogP contribution is 2.55. The number of hydrogen-bond donors (Lipinski definition) is 2. The van der Waals surface area contributed by atoms with Gasteiger partial charge in [0.1, 0.15) is 5.82 Å². The van der Waals surface area contributed by atoms with E-state index < -0.39 is 5.60 Å². The molecule has 4 aliphatic carbocycles. The maximum Gasteiger partial charge on any atom is 0.322 e. The first-order chi connectivity index (χ1) is 19.6. The van der Waals surface area contributed by atoms with Crippen LogP contribution in [-0.2, 0) is 0 Å². The summed E-state index contributed by atoms with van der Waals surface area (Å²) in [5.41, 5.74) is 2.96. The number of anilines is 4. The van der Waals surface area contributed by atoms with Crippen molar-refractivity contribution in [2.24, 2.45) is 23.2 Å². The molecule has 3 heterocycles.